The van der Waals surface area contributed by atoms with Crippen molar-refractivity contribution in [3.8, 4) is 11.5 Å². The van der Waals surface area contributed by atoms with Crippen LogP contribution in [0, 0.1) is 0 Å². The van der Waals surface area contributed by atoms with E-state index in [1.807, 2.05) is 5.38 Å². The second-order valence-electron chi connectivity index (χ2n) is 5.30. The smallest absolute Gasteiger partial charge is 0.224 e. The Morgan fingerprint density at radius 1 is 1.25 bits per heavy atom. The van der Waals surface area contributed by atoms with E-state index < -0.39 is 0 Å². The highest BCUT2D eigenvalue weighted by Gasteiger charge is 2.33. The number of ether oxygens (including phenoxy) is 1. The van der Waals surface area contributed by atoms with E-state index in [1.165, 1.54) is 24.2 Å². The number of tetrazole rings is 1. The summed E-state index contributed by atoms with van der Waals surface area (Å²) in [5.41, 5.74) is 2.57. The zero-order valence-electron chi connectivity index (χ0n) is 11.1. The van der Waals surface area contributed by atoms with Crippen molar-refractivity contribution in [2.24, 2.45) is 0 Å². The first kappa shape index (κ1) is 12.4. The van der Waals surface area contributed by atoms with Crippen LogP contribution in [0.2, 0.25) is 0 Å². The number of morpholine rings is 1. The molecule has 0 saturated carbocycles. The monoisotopic (exact) mass is 292 g/mol. The summed E-state index contributed by atoms with van der Waals surface area (Å²) in [6.45, 7) is 3.77. The molecule has 2 fully saturated rings. The van der Waals surface area contributed by atoms with Crippen molar-refractivity contribution < 1.29 is 4.74 Å². The molecule has 0 amide bonds. The quantitative estimate of drug-likeness (QED) is 0.824. The summed E-state index contributed by atoms with van der Waals surface area (Å²) in [5, 5.41) is 14.4. The lowest BCUT2D eigenvalue weighted by Gasteiger charge is -2.31. The average molecular weight is 292 g/mol. The van der Waals surface area contributed by atoms with E-state index in [-0.39, 0.29) is 0 Å². The summed E-state index contributed by atoms with van der Waals surface area (Å²) in [6.07, 6.45) is 3.28. The first-order valence-corrected chi connectivity index (χ1v) is 7.85. The maximum Gasteiger partial charge on any atom is 0.224 e. The Balaban J connectivity index is 1.36. The van der Waals surface area contributed by atoms with Gasteiger partial charge >= 0.3 is 0 Å². The predicted octanol–water partition coefficient (Wildman–Crippen LogP) is 0.660. The van der Waals surface area contributed by atoms with Gasteiger partial charge < -0.3 is 4.74 Å². The fourth-order valence-electron chi connectivity index (χ4n) is 2.88. The fourth-order valence-corrected chi connectivity index (χ4v) is 3.41. The fraction of sp³-hybridized carbons (Fsp3) is 0.667. The van der Waals surface area contributed by atoms with Crippen LogP contribution in [0.3, 0.4) is 0 Å². The zero-order chi connectivity index (χ0) is 13.4. The normalized spacial score (nSPS) is 26.2. The molecule has 2 bridgehead atoms. The van der Waals surface area contributed by atoms with Crippen molar-refractivity contribution >= 4 is 11.3 Å². The molecule has 2 aliphatic heterocycles. The van der Waals surface area contributed by atoms with Crippen LogP contribution in [-0.4, -0.2) is 61.9 Å². The summed E-state index contributed by atoms with van der Waals surface area (Å²) in [5.74, 6) is 0.605. The first-order chi connectivity index (χ1) is 9.87. The van der Waals surface area contributed by atoms with Crippen LogP contribution >= 0.6 is 11.3 Å². The van der Waals surface area contributed by atoms with Crippen LogP contribution < -0.4 is 0 Å². The highest BCUT2D eigenvalue weighted by atomic mass is 32.1. The molecule has 2 atom stereocenters. The van der Waals surface area contributed by atoms with Gasteiger partial charge in [0, 0.05) is 25.0 Å². The Morgan fingerprint density at radius 2 is 2.10 bits per heavy atom. The van der Waals surface area contributed by atoms with Gasteiger partial charge in [-0.1, -0.05) is 0 Å². The zero-order valence-corrected chi connectivity index (χ0v) is 11.9. The molecule has 7 nitrogen and oxygen atoms in total. The van der Waals surface area contributed by atoms with Gasteiger partial charge in [0.15, 0.2) is 0 Å². The second-order valence-corrected chi connectivity index (χ2v) is 6.02. The van der Waals surface area contributed by atoms with Gasteiger partial charge in [0.1, 0.15) is 5.69 Å². The molecule has 0 radical (unpaired) electrons. The maximum atomic E-state index is 5.83. The molecule has 0 aliphatic carbocycles. The van der Waals surface area contributed by atoms with E-state index in [1.54, 1.807) is 10.3 Å². The molecule has 2 unspecified atom stereocenters. The first-order valence-electron chi connectivity index (χ1n) is 6.91. The molecule has 0 N–H and O–H groups in total. The Morgan fingerprint density at radius 3 is 2.85 bits per heavy atom. The molecule has 0 aromatic carbocycles. The van der Waals surface area contributed by atoms with Crippen molar-refractivity contribution in [3.05, 3.63) is 10.9 Å². The van der Waals surface area contributed by atoms with E-state index in [2.05, 4.69) is 25.3 Å². The number of rotatable bonds is 4. The molecule has 106 valence electrons. The Labute approximate surface area is 120 Å². The summed E-state index contributed by atoms with van der Waals surface area (Å²) < 4.78 is 5.83. The summed E-state index contributed by atoms with van der Waals surface area (Å²) in [4.78, 5) is 8.29. The minimum absolute atomic E-state index is 0.433. The summed E-state index contributed by atoms with van der Waals surface area (Å²) >= 11 is 1.54. The third-order valence-corrected chi connectivity index (χ3v) is 4.44. The van der Waals surface area contributed by atoms with E-state index in [9.17, 15) is 0 Å². The molecule has 2 aromatic heterocycles. The lowest BCUT2D eigenvalue weighted by atomic mass is 10.2. The van der Waals surface area contributed by atoms with Crippen molar-refractivity contribution in [1.29, 1.82) is 0 Å². The SMILES string of the molecule is c1nc(-c2nnn(CCN3CC4CCC(C3)O4)n2)cs1. The van der Waals surface area contributed by atoms with Gasteiger partial charge in [-0.25, -0.2) is 4.98 Å². The van der Waals surface area contributed by atoms with Gasteiger partial charge in [-0.05, 0) is 18.1 Å². The maximum absolute atomic E-state index is 5.83. The largest absolute Gasteiger partial charge is 0.372 e. The minimum Gasteiger partial charge on any atom is -0.372 e. The van der Waals surface area contributed by atoms with E-state index >= 15 is 0 Å². The molecule has 2 aliphatic rings. The van der Waals surface area contributed by atoms with Gasteiger partial charge in [0.05, 0.1) is 24.3 Å². The van der Waals surface area contributed by atoms with Crippen LogP contribution in [0.5, 0.6) is 0 Å². The molecule has 2 aromatic rings. The van der Waals surface area contributed by atoms with Gasteiger partial charge in [-0.15, -0.1) is 21.5 Å². The summed E-state index contributed by atoms with van der Waals surface area (Å²) in [6, 6.07) is 0. The predicted molar refractivity (Wildman–Crippen MR) is 73.3 cm³/mol. The van der Waals surface area contributed by atoms with E-state index in [4.69, 9.17) is 4.74 Å². The average Bonchev–Trinajstić information content (AvgIpc) is 3.17. The molecule has 4 heterocycles. The van der Waals surface area contributed by atoms with Crippen LogP contribution in [0.4, 0.5) is 0 Å². The van der Waals surface area contributed by atoms with Crippen LogP contribution in [0.1, 0.15) is 12.8 Å². The number of hydrogen-bond donors (Lipinski definition) is 0. The Hall–Kier alpha value is -1.38. The standard InChI is InChI=1S/C12H16N6OS/c1-2-10-6-17(5-9(1)19-10)3-4-18-15-12(14-16-18)11-7-20-8-13-11/h7-10H,1-6H2. The molecule has 8 heteroatoms. The van der Waals surface area contributed by atoms with Gasteiger partial charge in [-0.3, -0.25) is 4.90 Å². The topological polar surface area (TPSA) is 69.0 Å². The molecule has 2 saturated heterocycles. The number of aromatic nitrogens is 5. The number of nitrogens with zero attached hydrogens (tertiary/aromatic N) is 6. The summed E-state index contributed by atoms with van der Waals surface area (Å²) in [7, 11) is 0. The minimum atomic E-state index is 0.433. The van der Waals surface area contributed by atoms with Gasteiger partial charge in [-0.2, -0.15) is 4.80 Å². The van der Waals surface area contributed by atoms with Crippen LogP contribution in [0.15, 0.2) is 10.9 Å². The van der Waals surface area contributed by atoms with Crippen molar-refractivity contribution in [2.75, 3.05) is 19.6 Å². The van der Waals surface area contributed by atoms with Gasteiger partial charge in [0.25, 0.3) is 0 Å². The Bertz CT molecular complexity index is 558. The number of thiazole rings is 1. The highest BCUT2D eigenvalue weighted by molar-refractivity contribution is 7.07. The highest BCUT2D eigenvalue weighted by Crippen LogP contribution is 2.25. The van der Waals surface area contributed by atoms with Crippen molar-refractivity contribution in [3.63, 3.8) is 0 Å². The molecule has 0 spiro atoms. The second kappa shape index (κ2) is 5.19. The van der Waals surface area contributed by atoms with Crippen LogP contribution in [-0.2, 0) is 11.3 Å². The van der Waals surface area contributed by atoms with Crippen molar-refractivity contribution in [1.82, 2.24) is 30.1 Å². The number of fused-ring (bicyclic) bond motifs is 2. The third kappa shape index (κ3) is 2.46. The molecular weight excluding hydrogens is 276 g/mol. The molecular formula is C12H16N6OS. The van der Waals surface area contributed by atoms with E-state index in [0.29, 0.717) is 18.0 Å². The van der Waals surface area contributed by atoms with Gasteiger partial charge in [0.2, 0.25) is 5.82 Å². The number of likely N-dealkylation sites (tertiary alicyclic amines) is 1. The molecule has 4 rings (SSSR count). The third-order valence-electron chi connectivity index (χ3n) is 3.85. The lowest BCUT2D eigenvalue weighted by molar-refractivity contribution is -0.0395. The van der Waals surface area contributed by atoms with E-state index in [0.717, 1.165) is 31.9 Å². The van der Waals surface area contributed by atoms with Crippen molar-refractivity contribution in [2.45, 2.75) is 31.6 Å². The number of hydrogen-bond acceptors (Lipinski definition) is 7. The Kier molecular flexibility index (Phi) is 3.21. The van der Waals surface area contributed by atoms with Crippen LogP contribution in [0.25, 0.3) is 11.5 Å². The molecule has 20 heavy (non-hydrogen) atoms. The lowest BCUT2D eigenvalue weighted by Crippen LogP contribution is -2.43.